The van der Waals surface area contributed by atoms with Gasteiger partial charge in [0.25, 0.3) is 0 Å². The molecule has 16 heavy (non-hydrogen) atoms. The highest BCUT2D eigenvalue weighted by Crippen LogP contribution is 2.16. The summed E-state index contributed by atoms with van der Waals surface area (Å²) in [6.45, 7) is 7.32. The zero-order valence-corrected chi connectivity index (χ0v) is 10.2. The van der Waals surface area contributed by atoms with E-state index in [0.717, 1.165) is 25.1 Å². The van der Waals surface area contributed by atoms with E-state index in [1.807, 2.05) is 17.8 Å². The first-order chi connectivity index (χ1) is 7.72. The molecule has 0 saturated heterocycles. The van der Waals surface area contributed by atoms with Crippen LogP contribution in [0.3, 0.4) is 0 Å². The van der Waals surface area contributed by atoms with Crippen LogP contribution in [0.2, 0.25) is 0 Å². The molecule has 4 heteroatoms. The zero-order chi connectivity index (χ0) is 12.0. The maximum atomic E-state index is 5.79. The van der Waals surface area contributed by atoms with Gasteiger partial charge in [-0.25, -0.2) is 0 Å². The minimum Gasteiger partial charge on any atom is -0.329 e. The highest BCUT2D eigenvalue weighted by atomic mass is 15.3. The standard InChI is InChI=1S/C12H22N4/c1-4-6-7-14-12(8-13)10-9-16(3)15-11(10)5-2/h4,9,12,14H,1,5-8,13H2,2-3H3. The first kappa shape index (κ1) is 12.9. The van der Waals surface area contributed by atoms with Crippen molar-refractivity contribution < 1.29 is 0 Å². The molecule has 1 aromatic rings. The molecule has 0 aliphatic heterocycles. The van der Waals surface area contributed by atoms with E-state index < -0.39 is 0 Å². The molecule has 1 unspecified atom stereocenters. The van der Waals surface area contributed by atoms with Crippen molar-refractivity contribution in [3.63, 3.8) is 0 Å². The van der Waals surface area contributed by atoms with Gasteiger partial charge in [0.1, 0.15) is 0 Å². The monoisotopic (exact) mass is 222 g/mol. The van der Waals surface area contributed by atoms with E-state index in [1.165, 1.54) is 5.56 Å². The third-order valence-corrected chi connectivity index (χ3v) is 2.62. The Balaban J connectivity index is 2.72. The topological polar surface area (TPSA) is 55.9 Å². The van der Waals surface area contributed by atoms with Crippen LogP contribution in [0.1, 0.15) is 30.6 Å². The van der Waals surface area contributed by atoms with Crippen LogP contribution < -0.4 is 11.1 Å². The molecule has 0 bridgehead atoms. The van der Waals surface area contributed by atoms with Crippen molar-refractivity contribution in [3.05, 3.63) is 30.1 Å². The highest BCUT2D eigenvalue weighted by Gasteiger charge is 2.15. The fraction of sp³-hybridized carbons (Fsp3) is 0.583. The summed E-state index contributed by atoms with van der Waals surface area (Å²) in [6, 6.07) is 0.198. The van der Waals surface area contributed by atoms with E-state index in [0.29, 0.717) is 6.54 Å². The van der Waals surface area contributed by atoms with Gasteiger partial charge in [0, 0.05) is 31.4 Å². The summed E-state index contributed by atoms with van der Waals surface area (Å²) in [5.41, 5.74) is 8.14. The second kappa shape index (κ2) is 6.45. The number of hydrogen-bond donors (Lipinski definition) is 2. The van der Waals surface area contributed by atoms with Gasteiger partial charge < -0.3 is 11.1 Å². The lowest BCUT2D eigenvalue weighted by Crippen LogP contribution is -2.29. The maximum Gasteiger partial charge on any atom is 0.0670 e. The normalized spacial score (nSPS) is 12.7. The molecule has 0 amide bonds. The molecule has 0 aromatic carbocycles. The first-order valence-electron chi connectivity index (χ1n) is 5.79. The molecule has 1 heterocycles. The Morgan fingerprint density at radius 2 is 2.44 bits per heavy atom. The van der Waals surface area contributed by atoms with Crippen LogP contribution in [0, 0.1) is 0 Å². The Morgan fingerprint density at radius 3 is 3.00 bits per heavy atom. The molecule has 0 aliphatic rings. The smallest absolute Gasteiger partial charge is 0.0670 e. The summed E-state index contributed by atoms with van der Waals surface area (Å²) < 4.78 is 1.85. The molecule has 0 saturated carbocycles. The van der Waals surface area contributed by atoms with Gasteiger partial charge in [-0.1, -0.05) is 13.0 Å². The second-order valence-electron chi connectivity index (χ2n) is 3.88. The molecule has 1 aromatic heterocycles. The van der Waals surface area contributed by atoms with Gasteiger partial charge in [0.05, 0.1) is 5.69 Å². The van der Waals surface area contributed by atoms with Crippen molar-refractivity contribution in [1.82, 2.24) is 15.1 Å². The summed E-state index contributed by atoms with van der Waals surface area (Å²) in [4.78, 5) is 0. The van der Waals surface area contributed by atoms with Crippen molar-refractivity contribution in [2.45, 2.75) is 25.8 Å². The lowest BCUT2D eigenvalue weighted by molar-refractivity contribution is 0.544. The molecule has 0 spiro atoms. The average molecular weight is 222 g/mol. The lowest BCUT2D eigenvalue weighted by Gasteiger charge is -2.16. The minimum absolute atomic E-state index is 0.198. The first-order valence-corrected chi connectivity index (χ1v) is 5.79. The summed E-state index contributed by atoms with van der Waals surface area (Å²) >= 11 is 0. The predicted molar refractivity (Wildman–Crippen MR) is 67.2 cm³/mol. The molecular weight excluding hydrogens is 200 g/mol. The third-order valence-electron chi connectivity index (χ3n) is 2.62. The summed E-state index contributed by atoms with van der Waals surface area (Å²) in [5, 5.41) is 7.85. The van der Waals surface area contributed by atoms with Crippen LogP contribution in [0.25, 0.3) is 0 Å². The van der Waals surface area contributed by atoms with Crippen molar-refractivity contribution in [2.75, 3.05) is 13.1 Å². The third kappa shape index (κ3) is 3.18. The summed E-state index contributed by atoms with van der Waals surface area (Å²) in [6.07, 6.45) is 5.86. The van der Waals surface area contributed by atoms with E-state index in [4.69, 9.17) is 5.73 Å². The van der Waals surface area contributed by atoms with E-state index in [9.17, 15) is 0 Å². The maximum absolute atomic E-state index is 5.79. The van der Waals surface area contributed by atoms with Gasteiger partial charge in [-0.3, -0.25) is 4.68 Å². The van der Waals surface area contributed by atoms with Crippen LogP contribution in [-0.2, 0) is 13.5 Å². The Hall–Kier alpha value is -1.13. The molecule has 4 nitrogen and oxygen atoms in total. The van der Waals surface area contributed by atoms with Crippen LogP contribution in [0.15, 0.2) is 18.9 Å². The number of nitrogens with one attached hydrogen (secondary N) is 1. The quantitative estimate of drug-likeness (QED) is 0.537. The van der Waals surface area contributed by atoms with E-state index in [-0.39, 0.29) is 6.04 Å². The predicted octanol–water partition coefficient (Wildman–Crippen LogP) is 1.15. The average Bonchev–Trinajstić information content (AvgIpc) is 2.66. The number of hydrogen-bond acceptors (Lipinski definition) is 3. The van der Waals surface area contributed by atoms with Crippen LogP contribution in [0.5, 0.6) is 0 Å². The zero-order valence-electron chi connectivity index (χ0n) is 10.2. The van der Waals surface area contributed by atoms with E-state index in [2.05, 4.69) is 30.1 Å². The Morgan fingerprint density at radius 1 is 1.69 bits per heavy atom. The summed E-state index contributed by atoms with van der Waals surface area (Å²) in [7, 11) is 1.94. The van der Waals surface area contributed by atoms with Crippen molar-refractivity contribution in [3.8, 4) is 0 Å². The number of rotatable bonds is 7. The van der Waals surface area contributed by atoms with Crippen LogP contribution >= 0.6 is 0 Å². The van der Waals surface area contributed by atoms with Crippen molar-refractivity contribution >= 4 is 0 Å². The molecular formula is C12H22N4. The van der Waals surface area contributed by atoms with Crippen molar-refractivity contribution in [2.24, 2.45) is 12.8 Å². The van der Waals surface area contributed by atoms with Gasteiger partial charge in [-0.15, -0.1) is 6.58 Å². The van der Waals surface area contributed by atoms with Gasteiger partial charge in [-0.2, -0.15) is 5.10 Å². The molecule has 0 fully saturated rings. The second-order valence-corrected chi connectivity index (χ2v) is 3.88. The Labute approximate surface area is 97.5 Å². The summed E-state index contributed by atoms with van der Waals surface area (Å²) in [5.74, 6) is 0. The number of aryl methyl sites for hydroxylation is 2. The molecule has 0 radical (unpaired) electrons. The van der Waals surface area contributed by atoms with Crippen molar-refractivity contribution in [1.29, 1.82) is 0 Å². The largest absolute Gasteiger partial charge is 0.329 e. The van der Waals surface area contributed by atoms with Crippen LogP contribution in [0.4, 0.5) is 0 Å². The van der Waals surface area contributed by atoms with Gasteiger partial charge in [0.15, 0.2) is 0 Å². The Bertz CT molecular complexity index is 330. The molecule has 3 N–H and O–H groups in total. The molecule has 90 valence electrons. The fourth-order valence-corrected chi connectivity index (χ4v) is 1.80. The fourth-order valence-electron chi connectivity index (χ4n) is 1.80. The number of nitrogens with two attached hydrogens (primary N) is 1. The molecule has 1 rings (SSSR count). The number of aromatic nitrogens is 2. The van der Waals surface area contributed by atoms with Gasteiger partial charge >= 0.3 is 0 Å². The van der Waals surface area contributed by atoms with Crippen LogP contribution in [-0.4, -0.2) is 22.9 Å². The molecule has 0 aliphatic carbocycles. The highest BCUT2D eigenvalue weighted by molar-refractivity contribution is 5.21. The minimum atomic E-state index is 0.198. The number of nitrogens with zero attached hydrogens (tertiary/aromatic N) is 2. The Kier molecular flexibility index (Phi) is 5.22. The molecule has 1 atom stereocenters. The van der Waals surface area contributed by atoms with Gasteiger partial charge in [-0.05, 0) is 19.4 Å². The van der Waals surface area contributed by atoms with E-state index >= 15 is 0 Å². The van der Waals surface area contributed by atoms with Gasteiger partial charge in [0.2, 0.25) is 0 Å². The van der Waals surface area contributed by atoms with E-state index in [1.54, 1.807) is 0 Å². The SMILES string of the molecule is C=CCCNC(CN)c1cn(C)nc1CC. The lowest BCUT2D eigenvalue weighted by atomic mass is 10.1.